The molecule has 2 heterocycles. The summed E-state index contributed by atoms with van der Waals surface area (Å²) in [6.07, 6.45) is 1.08. The Kier molecular flexibility index (Phi) is 4.64. The van der Waals surface area contributed by atoms with Crippen molar-refractivity contribution in [3.05, 3.63) is 21.4 Å². The number of aryl methyl sites for hydroxylation is 1. The van der Waals surface area contributed by atoms with Gasteiger partial charge in [-0.05, 0) is 30.7 Å². The molecular weight excluding hydrogens is 284 g/mol. The first-order chi connectivity index (χ1) is 8.61. The van der Waals surface area contributed by atoms with Crippen molar-refractivity contribution in [1.82, 2.24) is 4.90 Å². The number of hydrogen-bond acceptors (Lipinski definition) is 4. The van der Waals surface area contributed by atoms with Gasteiger partial charge in [0.05, 0.1) is 16.4 Å². The molecule has 0 aliphatic carbocycles. The Morgan fingerprint density at radius 3 is 3.00 bits per heavy atom. The van der Waals surface area contributed by atoms with Crippen LogP contribution in [-0.2, 0) is 12.2 Å². The van der Waals surface area contributed by atoms with Crippen LogP contribution in [0.4, 0.5) is 0 Å². The quantitative estimate of drug-likeness (QED) is 0.867. The number of thiophene rings is 1. The average molecular weight is 300 g/mol. The van der Waals surface area contributed by atoms with Gasteiger partial charge in [0.2, 0.25) is 0 Å². The molecule has 2 rings (SSSR count). The maximum absolute atomic E-state index is 12.3. The maximum atomic E-state index is 12.3. The highest BCUT2D eigenvalue weighted by Crippen LogP contribution is 2.32. The minimum absolute atomic E-state index is 0.0506. The number of amides is 1. The molecule has 0 unspecified atom stereocenters. The van der Waals surface area contributed by atoms with Crippen molar-refractivity contribution >= 4 is 46.2 Å². The fourth-order valence-corrected chi connectivity index (χ4v) is 4.42. The fraction of sp³-hybridized carbons (Fsp3) is 0.500. The van der Waals surface area contributed by atoms with E-state index in [1.165, 1.54) is 10.4 Å². The molecule has 0 radical (unpaired) electrons. The number of thioether (sulfide) groups is 1. The van der Waals surface area contributed by atoms with E-state index in [2.05, 4.69) is 0 Å². The van der Waals surface area contributed by atoms with Gasteiger partial charge in [-0.15, -0.1) is 11.3 Å². The molecule has 6 heteroatoms. The van der Waals surface area contributed by atoms with Crippen LogP contribution in [0.5, 0.6) is 0 Å². The predicted molar refractivity (Wildman–Crippen MR) is 82.5 cm³/mol. The number of thiocarbonyl (C=S) groups is 1. The van der Waals surface area contributed by atoms with Crippen LogP contribution in [0.15, 0.2) is 6.07 Å². The van der Waals surface area contributed by atoms with Gasteiger partial charge in [0.15, 0.2) is 0 Å². The third-order valence-corrected chi connectivity index (χ3v) is 5.22. The van der Waals surface area contributed by atoms with Crippen molar-refractivity contribution in [3.63, 3.8) is 0 Å². The van der Waals surface area contributed by atoms with Gasteiger partial charge in [-0.25, -0.2) is 0 Å². The van der Waals surface area contributed by atoms with Gasteiger partial charge in [-0.3, -0.25) is 4.79 Å². The Hall–Kier alpha value is -0.590. The van der Waals surface area contributed by atoms with Crippen LogP contribution >= 0.6 is 35.3 Å². The largest absolute Gasteiger partial charge is 0.392 e. The molecular formula is C12H16N2OS3. The van der Waals surface area contributed by atoms with E-state index in [1.54, 1.807) is 16.2 Å². The van der Waals surface area contributed by atoms with Crippen molar-refractivity contribution in [3.8, 4) is 0 Å². The van der Waals surface area contributed by atoms with Crippen LogP contribution in [0.2, 0.25) is 0 Å². The third-order valence-electron chi connectivity index (χ3n) is 2.85. The van der Waals surface area contributed by atoms with Gasteiger partial charge in [-0.1, -0.05) is 12.2 Å². The summed E-state index contributed by atoms with van der Waals surface area (Å²) >= 11 is 8.43. The lowest BCUT2D eigenvalue weighted by Crippen LogP contribution is -2.37. The lowest BCUT2D eigenvalue weighted by molar-refractivity contribution is 0.0792. The Morgan fingerprint density at radius 1 is 1.61 bits per heavy atom. The van der Waals surface area contributed by atoms with Gasteiger partial charge in [-0.2, -0.15) is 11.8 Å². The predicted octanol–water partition coefficient (Wildman–Crippen LogP) is 2.29. The van der Waals surface area contributed by atoms with E-state index in [-0.39, 0.29) is 5.91 Å². The number of rotatable bonds is 4. The summed E-state index contributed by atoms with van der Waals surface area (Å²) in [4.78, 5) is 16.6. The van der Waals surface area contributed by atoms with Crippen LogP contribution in [0, 0.1) is 0 Å². The van der Waals surface area contributed by atoms with Crippen molar-refractivity contribution in [2.75, 3.05) is 18.8 Å². The molecule has 1 aromatic rings. The normalized spacial score (nSPS) is 14.1. The molecule has 3 nitrogen and oxygen atoms in total. The van der Waals surface area contributed by atoms with Crippen LogP contribution in [-0.4, -0.2) is 34.6 Å². The lowest BCUT2D eigenvalue weighted by Gasteiger charge is -2.18. The Balaban J connectivity index is 2.16. The summed E-state index contributed by atoms with van der Waals surface area (Å²) in [7, 11) is 0. The Morgan fingerprint density at radius 2 is 2.39 bits per heavy atom. The molecule has 0 saturated carbocycles. The molecule has 0 saturated heterocycles. The molecule has 1 amide bonds. The number of carbonyl (C=O) groups is 1. The van der Waals surface area contributed by atoms with Gasteiger partial charge in [0.1, 0.15) is 0 Å². The van der Waals surface area contributed by atoms with Crippen molar-refractivity contribution in [2.45, 2.75) is 19.1 Å². The lowest BCUT2D eigenvalue weighted by atomic mass is 10.2. The zero-order valence-corrected chi connectivity index (χ0v) is 12.7. The second-order valence-corrected chi connectivity index (χ2v) is 6.91. The summed E-state index contributed by atoms with van der Waals surface area (Å²) in [6.45, 7) is 2.94. The van der Waals surface area contributed by atoms with E-state index in [9.17, 15) is 4.79 Å². The Bertz CT molecular complexity index is 446. The molecule has 0 bridgehead atoms. The first-order valence-electron chi connectivity index (χ1n) is 5.88. The van der Waals surface area contributed by atoms with E-state index >= 15 is 0 Å². The first kappa shape index (κ1) is 13.8. The Labute approximate surface area is 121 Å². The van der Waals surface area contributed by atoms with E-state index in [0.717, 1.165) is 22.8 Å². The van der Waals surface area contributed by atoms with E-state index in [0.29, 0.717) is 18.1 Å². The number of nitrogens with zero attached hydrogens (tertiary/aromatic N) is 1. The molecule has 0 fully saturated rings. The molecule has 0 spiro atoms. The number of carbonyl (C=O) groups excluding carboxylic acids is 1. The number of likely N-dealkylation sites (N-methyl/N-ethyl adjacent to an activating group) is 1. The molecule has 18 heavy (non-hydrogen) atoms. The third kappa shape index (κ3) is 3.05. The summed E-state index contributed by atoms with van der Waals surface area (Å²) in [5.74, 6) is 2.24. The monoisotopic (exact) mass is 300 g/mol. The van der Waals surface area contributed by atoms with E-state index in [1.807, 2.05) is 24.8 Å². The number of nitrogens with two attached hydrogens (primary N) is 1. The summed E-state index contributed by atoms with van der Waals surface area (Å²) in [6, 6.07) is 2.04. The molecule has 0 aromatic carbocycles. The topological polar surface area (TPSA) is 46.3 Å². The molecule has 1 aliphatic heterocycles. The van der Waals surface area contributed by atoms with Gasteiger partial charge < -0.3 is 10.6 Å². The van der Waals surface area contributed by atoms with Gasteiger partial charge in [0.25, 0.3) is 5.91 Å². The minimum atomic E-state index is 0.0506. The molecule has 98 valence electrons. The molecule has 1 aliphatic rings. The highest BCUT2D eigenvalue weighted by molar-refractivity contribution is 7.98. The number of hydrogen-bond donors (Lipinski definition) is 1. The van der Waals surface area contributed by atoms with Crippen molar-refractivity contribution in [1.29, 1.82) is 0 Å². The zero-order valence-electron chi connectivity index (χ0n) is 10.3. The standard InChI is InChI=1S/C12H16N2OS3/c1-2-14(6-11(13)16)12(15)10-5-8-7-17-4-3-9(8)18-10/h5H,2-4,6-7H2,1H3,(H2,13,16). The second-order valence-electron chi connectivity index (χ2n) is 4.15. The SMILES string of the molecule is CCN(CC(N)=S)C(=O)c1cc2c(s1)CCSC2. The highest BCUT2D eigenvalue weighted by Gasteiger charge is 2.21. The molecule has 1 aromatic heterocycles. The summed E-state index contributed by atoms with van der Waals surface area (Å²) in [5.41, 5.74) is 6.84. The van der Waals surface area contributed by atoms with Gasteiger partial charge in [0, 0.05) is 17.2 Å². The fourth-order valence-electron chi connectivity index (χ4n) is 1.92. The summed E-state index contributed by atoms with van der Waals surface area (Å²) in [5, 5.41) is 0. The number of fused-ring (bicyclic) bond motifs is 1. The molecule has 0 atom stereocenters. The summed E-state index contributed by atoms with van der Waals surface area (Å²) < 4.78 is 0. The van der Waals surface area contributed by atoms with Crippen molar-refractivity contribution in [2.24, 2.45) is 5.73 Å². The maximum Gasteiger partial charge on any atom is 0.264 e. The molecule has 2 N–H and O–H groups in total. The van der Waals surface area contributed by atoms with Crippen LogP contribution in [0.1, 0.15) is 27.0 Å². The zero-order chi connectivity index (χ0) is 13.1. The van der Waals surface area contributed by atoms with Crippen molar-refractivity contribution < 1.29 is 4.79 Å². The van der Waals surface area contributed by atoms with Crippen LogP contribution in [0.3, 0.4) is 0 Å². The smallest absolute Gasteiger partial charge is 0.264 e. The highest BCUT2D eigenvalue weighted by atomic mass is 32.2. The van der Waals surface area contributed by atoms with Crippen LogP contribution in [0.25, 0.3) is 0 Å². The van der Waals surface area contributed by atoms with E-state index < -0.39 is 0 Å². The minimum Gasteiger partial charge on any atom is -0.392 e. The first-order valence-corrected chi connectivity index (χ1v) is 8.26. The van der Waals surface area contributed by atoms with E-state index in [4.69, 9.17) is 18.0 Å². The second kappa shape index (κ2) is 6.04. The van der Waals surface area contributed by atoms with Crippen LogP contribution < -0.4 is 5.73 Å². The van der Waals surface area contributed by atoms with Gasteiger partial charge >= 0.3 is 0 Å². The average Bonchev–Trinajstić information content (AvgIpc) is 2.78.